The minimum absolute atomic E-state index is 0.333. The lowest BCUT2D eigenvalue weighted by Gasteiger charge is -2.23. The first kappa shape index (κ1) is 13.5. The monoisotopic (exact) mass is 276 g/mol. The Kier molecular flexibility index (Phi) is 3.53. The van der Waals surface area contributed by atoms with Crippen LogP contribution in [0.25, 0.3) is 0 Å². The smallest absolute Gasteiger partial charge is 0.0497 e. The molecule has 2 heteroatoms. The van der Waals surface area contributed by atoms with Crippen LogP contribution in [0.15, 0.2) is 78.1 Å². The van der Waals surface area contributed by atoms with E-state index < -0.39 is 0 Å². The molecule has 3 rings (SSSR count). The summed E-state index contributed by atoms with van der Waals surface area (Å²) in [5.74, 6) is 0.333. The summed E-state index contributed by atoms with van der Waals surface area (Å²) >= 11 is 0. The van der Waals surface area contributed by atoms with Crippen LogP contribution in [0.3, 0.4) is 0 Å². The maximum atomic E-state index is 6.05. The van der Waals surface area contributed by atoms with Crippen molar-refractivity contribution in [2.45, 2.75) is 19.8 Å². The van der Waals surface area contributed by atoms with E-state index in [0.717, 1.165) is 5.70 Å². The fraction of sp³-hybridized carbons (Fsp3) is 0.158. The highest BCUT2D eigenvalue weighted by Crippen LogP contribution is 2.47. The van der Waals surface area contributed by atoms with Gasteiger partial charge in [0.05, 0.1) is 0 Å². The van der Waals surface area contributed by atoms with Crippen LogP contribution in [-0.4, -0.2) is 0 Å². The third-order valence-corrected chi connectivity index (χ3v) is 4.01. The molecule has 0 aliphatic carbocycles. The molecule has 1 atom stereocenters. The van der Waals surface area contributed by atoms with Gasteiger partial charge in [-0.25, -0.2) is 0 Å². The standard InChI is InChI=1S/C19H20N2/c1-3-15(20)13-19-14(2)17-11-7-8-12-18(17)21(19)16-9-5-4-6-10-16/h3-14H,20H2,1-2H3/b15-3+,19-13+. The lowest BCUT2D eigenvalue weighted by molar-refractivity contribution is 0.917. The number of anilines is 2. The van der Waals surface area contributed by atoms with Gasteiger partial charge in [0, 0.05) is 28.7 Å². The maximum absolute atomic E-state index is 6.05. The minimum Gasteiger partial charge on any atom is -0.399 e. The summed E-state index contributed by atoms with van der Waals surface area (Å²) in [5, 5.41) is 0. The third kappa shape index (κ3) is 2.33. The van der Waals surface area contributed by atoms with Gasteiger partial charge in [0.2, 0.25) is 0 Å². The molecule has 0 bridgehead atoms. The zero-order valence-corrected chi connectivity index (χ0v) is 12.5. The van der Waals surface area contributed by atoms with Crippen LogP contribution in [0.2, 0.25) is 0 Å². The number of rotatable bonds is 2. The molecule has 0 aromatic heterocycles. The van der Waals surface area contributed by atoms with Crippen LogP contribution in [0.5, 0.6) is 0 Å². The number of para-hydroxylation sites is 2. The zero-order chi connectivity index (χ0) is 14.8. The van der Waals surface area contributed by atoms with E-state index >= 15 is 0 Å². The van der Waals surface area contributed by atoms with E-state index in [0.29, 0.717) is 5.92 Å². The first-order valence-electron chi connectivity index (χ1n) is 7.30. The van der Waals surface area contributed by atoms with Gasteiger partial charge in [0.1, 0.15) is 0 Å². The Balaban J connectivity index is 2.19. The van der Waals surface area contributed by atoms with E-state index in [1.807, 2.05) is 19.1 Å². The fourth-order valence-electron chi connectivity index (χ4n) is 2.86. The molecule has 0 amide bonds. The Morgan fingerprint density at radius 1 is 1.05 bits per heavy atom. The van der Waals surface area contributed by atoms with E-state index in [4.69, 9.17) is 5.73 Å². The van der Waals surface area contributed by atoms with E-state index in [1.165, 1.54) is 22.6 Å². The largest absolute Gasteiger partial charge is 0.399 e. The van der Waals surface area contributed by atoms with Crippen LogP contribution in [0.1, 0.15) is 25.3 Å². The number of nitrogens with two attached hydrogens (primary N) is 1. The molecule has 2 aromatic rings. The molecule has 1 aliphatic rings. The van der Waals surface area contributed by atoms with Crippen molar-refractivity contribution in [2.75, 3.05) is 4.90 Å². The summed E-state index contributed by atoms with van der Waals surface area (Å²) in [4.78, 5) is 2.30. The molecule has 2 aromatic carbocycles. The van der Waals surface area contributed by atoms with Crippen molar-refractivity contribution in [3.05, 3.63) is 83.7 Å². The van der Waals surface area contributed by atoms with Gasteiger partial charge in [-0.3, -0.25) is 0 Å². The average molecular weight is 276 g/mol. The number of nitrogens with zero attached hydrogens (tertiary/aromatic N) is 1. The zero-order valence-electron chi connectivity index (χ0n) is 12.5. The van der Waals surface area contributed by atoms with Crippen LogP contribution < -0.4 is 10.6 Å². The van der Waals surface area contributed by atoms with Crippen molar-refractivity contribution < 1.29 is 0 Å². The summed E-state index contributed by atoms with van der Waals surface area (Å²) in [5.41, 5.74) is 11.8. The molecule has 1 unspecified atom stereocenters. The second-order valence-corrected chi connectivity index (χ2v) is 5.31. The number of hydrogen-bond acceptors (Lipinski definition) is 2. The predicted molar refractivity (Wildman–Crippen MR) is 89.5 cm³/mol. The minimum atomic E-state index is 0.333. The quantitative estimate of drug-likeness (QED) is 0.862. The molecule has 2 N–H and O–H groups in total. The second kappa shape index (κ2) is 5.49. The molecule has 0 spiro atoms. The van der Waals surface area contributed by atoms with E-state index in [9.17, 15) is 0 Å². The highest BCUT2D eigenvalue weighted by atomic mass is 15.2. The Morgan fingerprint density at radius 2 is 1.71 bits per heavy atom. The van der Waals surface area contributed by atoms with Gasteiger partial charge in [-0.05, 0) is 36.8 Å². The number of benzene rings is 2. The third-order valence-electron chi connectivity index (χ3n) is 4.01. The lowest BCUT2D eigenvalue weighted by Crippen LogP contribution is -2.14. The topological polar surface area (TPSA) is 29.3 Å². The Morgan fingerprint density at radius 3 is 2.43 bits per heavy atom. The summed E-state index contributed by atoms with van der Waals surface area (Å²) < 4.78 is 0. The number of fused-ring (bicyclic) bond motifs is 1. The van der Waals surface area contributed by atoms with Gasteiger partial charge in [-0.15, -0.1) is 0 Å². The van der Waals surface area contributed by atoms with E-state index in [2.05, 4.69) is 66.4 Å². The molecule has 0 radical (unpaired) electrons. The summed E-state index contributed by atoms with van der Waals surface area (Å²) in [6.07, 6.45) is 4.02. The van der Waals surface area contributed by atoms with Gasteiger partial charge in [0.25, 0.3) is 0 Å². The molecule has 0 saturated carbocycles. The van der Waals surface area contributed by atoms with Crippen LogP contribution in [0.4, 0.5) is 11.4 Å². The average Bonchev–Trinajstić information content (AvgIpc) is 2.81. The first-order chi connectivity index (χ1) is 10.2. The van der Waals surface area contributed by atoms with Gasteiger partial charge in [-0.2, -0.15) is 0 Å². The van der Waals surface area contributed by atoms with Crippen LogP contribution in [-0.2, 0) is 0 Å². The van der Waals surface area contributed by atoms with Crippen molar-refractivity contribution in [3.8, 4) is 0 Å². The van der Waals surface area contributed by atoms with Crippen LogP contribution >= 0.6 is 0 Å². The van der Waals surface area contributed by atoms with E-state index in [1.54, 1.807) is 0 Å². The highest BCUT2D eigenvalue weighted by molar-refractivity contribution is 5.78. The predicted octanol–water partition coefficient (Wildman–Crippen LogP) is 4.69. The van der Waals surface area contributed by atoms with Crippen molar-refractivity contribution in [2.24, 2.45) is 5.73 Å². The summed E-state index contributed by atoms with van der Waals surface area (Å²) in [6, 6.07) is 19.0. The highest BCUT2D eigenvalue weighted by Gasteiger charge is 2.31. The van der Waals surface area contributed by atoms with E-state index in [-0.39, 0.29) is 0 Å². The normalized spacial score (nSPS) is 19.9. The van der Waals surface area contributed by atoms with Crippen molar-refractivity contribution in [1.29, 1.82) is 0 Å². The lowest BCUT2D eigenvalue weighted by atomic mass is 10.0. The SMILES string of the molecule is C/C=C(N)\C=C1/C(C)c2ccccc2N1c1ccccc1. The van der Waals surface area contributed by atoms with Crippen molar-refractivity contribution in [3.63, 3.8) is 0 Å². The number of allylic oxidation sites excluding steroid dienone is 3. The fourth-order valence-corrected chi connectivity index (χ4v) is 2.86. The van der Waals surface area contributed by atoms with Gasteiger partial charge in [-0.1, -0.05) is 49.4 Å². The van der Waals surface area contributed by atoms with Crippen molar-refractivity contribution in [1.82, 2.24) is 0 Å². The molecule has 2 nitrogen and oxygen atoms in total. The Hall–Kier alpha value is -2.48. The maximum Gasteiger partial charge on any atom is 0.0497 e. The molecule has 0 fully saturated rings. The summed E-state index contributed by atoms with van der Waals surface area (Å²) in [6.45, 7) is 4.20. The molecular weight excluding hydrogens is 256 g/mol. The molecular formula is C19H20N2. The first-order valence-corrected chi connectivity index (χ1v) is 7.30. The molecule has 0 saturated heterocycles. The number of hydrogen-bond donors (Lipinski definition) is 1. The molecule has 21 heavy (non-hydrogen) atoms. The molecule has 106 valence electrons. The van der Waals surface area contributed by atoms with Gasteiger partial charge >= 0.3 is 0 Å². The van der Waals surface area contributed by atoms with Crippen molar-refractivity contribution >= 4 is 11.4 Å². The van der Waals surface area contributed by atoms with Gasteiger partial charge in [0.15, 0.2) is 0 Å². The van der Waals surface area contributed by atoms with Crippen LogP contribution in [0, 0.1) is 0 Å². The molecule has 1 aliphatic heterocycles. The Labute approximate surface area is 126 Å². The Bertz CT molecular complexity index is 699. The molecule has 1 heterocycles. The second-order valence-electron chi connectivity index (χ2n) is 5.31. The van der Waals surface area contributed by atoms with Gasteiger partial charge < -0.3 is 10.6 Å². The summed E-state index contributed by atoms with van der Waals surface area (Å²) in [7, 11) is 0.